The van der Waals surface area contributed by atoms with Crippen LogP contribution in [0.15, 0.2) is 18.2 Å². The number of carbonyl (C=O) groups is 2. The highest BCUT2D eigenvalue weighted by molar-refractivity contribution is 6.08. The summed E-state index contributed by atoms with van der Waals surface area (Å²) in [6, 6.07) is 2.74. The molecule has 170 valence electrons. The van der Waals surface area contributed by atoms with Gasteiger partial charge in [-0.2, -0.15) is 13.2 Å². The summed E-state index contributed by atoms with van der Waals surface area (Å²) >= 11 is 0. The van der Waals surface area contributed by atoms with Crippen LogP contribution < -0.4 is 5.32 Å². The number of fused-ring (bicyclic) bond motifs is 1. The van der Waals surface area contributed by atoms with Crippen LogP contribution in [-0.4, -0.2) is 54.7 Å². The zero-order valence-corrected chi connectivity index (χ0v) is 17.3. The normalized spacial score (nSPS) is 31.6. The van der Waals surface area contributed by atoms with Crippen LogP contribution in [0, 0.1) is 5.41 Å². The zero-order valence-electron chi connectivity index (χ0n) is 17.3. The van der Waals surface area contributed by atoms with Gasteiger partial charge in [0, 0.05) is 36.2 Å². The largest absolute Gasteiger partial charge is 0.416 e. The van der Waals surface area contributed by atoms with Crippen LogP contribution in [0.25, 0.3) is 0 Å². The van der Waals surface area contributed by atoms with E-state index in [1.807, 2.05) is 0 Å². The van der Waals surface area contributed by atoms with Gasteiger partial charge in [-0.3, -0.25) is 14.5 Å². The second kappa shape index (κ2) is 8.16. The molecule has 31 heavy (non-hydrogen) atoms. The summed E-state index contributed by atoms with van der Waals surface area (Å²) in [5.41, 5.74) is -1.26. The van der Waals surface area contributed by atoms with E-state index in [1.165, 1.54) is 6.07 Å². The molecule has 9 heteroatoms. The Morgan fingerprint density at radius 3 is 2.77 bits per heavy atom. The van der Waals surface area contributed by atoms with E-state index in [0.717, 1.165) is 17.0 Å². The summed E-state index contributed by atoms with van der Waals surface area (Å²) in [5.74, 6) is -1.04. The van der Waals surface area contributed by atoms with Gasteiger partial charge < -0.3 is 10.1 Å². The predicted molar refractivity (Wildman–Crippen MR) is 104 cm³/mol. The van der Waals surface area contributed by atoms with Crippen LogP contribution in [-0.2, 0) is 22.1 Å². The summed E-state index contributed by atoms with van der Waals surface area (Å²) < 4.78 is 58.4. The van der Waals surface area contributed by atoms with Crippen LogP contribution in [0.3, 0.4) is 0 Å². The van der Waals surface area contributed by atoms with Crippen molar-refractivity contribution in [1.82, 2.24) is 10.2 Å². The molecule has 0 spiro atoms. The van der Waals surface area contributed by atoms with Crippen molar-refractivity contribution in [3.05, 3.63) is 34.9 Å². The molecule has 4 atom stereocenters. The molecule has 2 heterocycles. The first kappa shape index (κ1) is 22.2. The predicted octanol–water partition coefficient (Wildman–Crippen LogP) is 3.51. The van der Waals surface area contributed by atoms with Crippen molar-refractivity contribution >= 4 is 11.8 Å². The molecule has 1 N–H and O–H groups in total. The maximum absolute atomic E-state index is 14.1. The molecule has 0 aromatic heterocycles. The fourth-order valence-corrected chi connectivity index (χ4v) is 4.94. The molecule has 2 aliphatic heterocycles. The van der Waals surface area contributed by atoms with E-state index in [2.05, 4.69) is 5.32 Å². The Morgan fingerprint density at radius 2 is 2.06 bits per heavy atom. The summed E-state index contributed by atoms with van der Waals surface area (Å²) in [7, 11) is 0. The number of hydrogen-bond acceptors (Lipinski definition) is 4. The first-order valence-electron chi connectivity index (χ1n) is 10.6. The Bertz CT molecular complexity index is 875. The van der Waals surface area contributed by atoms with Crippen LogP contribution in [0.2, 0.25) is 0 Å². The van der Waals surface area contributed by atoms with Gasteiger partial charge in [-0.25, -0.2) is 4.39 Å². The SMILES string of the molecule is CC1(C(=O)N2CCc3ccc(C(F)(F)F)cc3C2=O)CCC(NC2CCOCC2F)C1. The van der Waals surface area contributed by atoms with Crippen molar-refractivity contribution in [2.24, 2.45) is 5.41 Å². The van der Waals surface area contributed by atoms with Gasteiger partial charge in [-0.15, -0.1) is 0 Å². The third-order valence-corrected chi connectivity index (χ3v) is 6.76. The number of nitrogens with zero attached hydrogens (tertiary/aromatic N) is 1. The van der Waals surface area contributed by atoms with E-state index < -0.39 is 29.2 Å². The first-order chi connectivity index (χ1) is 14.6. The van der Waals surface area contributed by atoms with E-state index in [-0.39, 0.29) is 36.7 Å². The molecule has 5 nitrogen and oxygen atoms in total. The molecule has 3 aliphatic rings. The monoisotopic (exact) mass is 442 g/mol. The van der Waals surface area contributed by atoms with Gasteiger partial charge in [0.1, 0.15) is 6.17 Å². The van der Waals surface area contributed by atoms with Crippen LogP contribution in [0.5, 0.6) is 0 Å². The fourth-order valence-electron chi connectivity index (χ4n) is 4.94. The van der Waals surface area contributed by atoms with Gasteiger partial charge in [-0.05, 0) is 49.8 Å². The Morgan fingerprint density at radius 1 is 1.29 bits per heavy atom. The summed E-state index contributed by atoms with van der Waals surface area (Å²) in [6.45, 7) is 2.48. The van der Waals surface area contributed by atoms with E-state index in [4.69, 9.17) is 4.74 Å². The van der Waals surface area contributed by atoms with Crippen molar-refractivity contribution < 1.29 is 31.9 Å². The number of ether oxygens (including phenoxy) is 1. The third-order valence-electron chi connectivity index (χ3n) is 6.76. The second-order valence-electron chi connectivity index (χ2n) is 9.03. The lowest BCUT2D eigenvalue weighted by Gasteiger charge is -2.34. The van der Waals surface area contributed by atoms with Crippen molar-refractivity contribution in [3.63, 3.8) is 0 Å². The zero-order chi connectivity index (χ0) is 22.4. The summed E-state index contributed by atoms with van der Waals surface area (Å²) in [6.07, 6.45) is -3.11. The van der Waals surface area contributed by atoms with Gasteiger partial charge >= 0.3 is 6.18 Å². The summed E-state index contributed by atoms with van der Waals surface area (Å²) in [4.78, 5) is 27.3. The lowest BCUT2D eigenvalue weighted by molar-refractivity contribution is -0.138. The minimum atomic E-state index is -4.56. The number of hydrogen-bond donors (Lipinski definition) is 1. The number of rotatable bonds is 3. The minimum Gasteiger partial charge on any atom is -0.378 e. The van der Waals surface area contributed by atoms with Crippen LogP contribution in [0.1, 0.15) is 54.1 Å². The molecule has 1 aliphatic carbocycles. The van der Waals surface area contributed by atoms with Crippen molar-refractivity contribution in [2.75, 3.05) is 19.8 Å². The van der Waals surface area contributed by atoms with E-state index >= 15 is 0 Å². The van der Waals surface area contributed by atoms with Gasteiger partial charge in [0.15, 0.2) is 0 Å². The molecular formula is C22H26F4N2O3. The number of carbonyl (C=O) groups excluding carboxylic acids is 2. The van der Waals surface area contributed by atoms with E-state index in [9.17, 15) is 27.2 Å². The Kier molecular flexibility index (Phi) is 5.85. The first-order valence-corrected chi connectivity index (χ1v) is 10.6. The van der Waals surface area contributed by atoms with Crippen molar-refractivity contribution in [1.29, 1.82) is 0 Å². The molecule has 1 aromatic carbocycles. The molecule has 2 fully saturated rings. The molecule has 4 unspecified atom stereocenters. The van der Waals surface area contributed by atoms with Crippen molar-refractivity contribution in [3.8, 4) is 0 Å². The van der Waals surface area contributed by atoms with Crippen molar-refractivity contribution in [2.45, 2.75) is 63.5 Å². The Hall–Kier alpha value is -2.00. The standard InChI is InChI=1S/C22H26F4N2O3/c1-21(7-4-15(11-21)27-18-6-9-31-12-17(18)23)20(30)28-8-5-13-2-3-14(22(24,25)26)10-16(13)19(28)29/h2-3,10,15,17-18,27H,4-9,11-12H2,1H3. The number of alkyl halides is 4. The third kappa shape index (κ3) is 4.35. The lowest BCUT2D eigenvalue weighted by Crippen LogP contribution is -2.50. The molecule has 1 aromatic rings. The quantitative estimate of drug-likeness (QED) is 0.575. The highest BCUT2D eigenvalue weighted by Gasteiger charge is 2.47. The average Bonchev–Trinajstić information content (AvgIpc) is 3.10. The van der Waals surface area contributed by atoms with Gasteiger partial charge in [0.2, 0.25) is 5.91 Å². The molecular weight excluding hydrogens is 416 g/mol. The average molecular weight is 442 g/mol. The highest BCUT2D eigenvalue weighted by Crippen LogP contribution is 2.41. The number of imide groups is 1. The fraction of sp³-hybridized carbons (Fsp3) is 0.636. The van der Waals surface area contributed by atoms with E-state index in [0.29, 0.717) is 44.3 Å². The maximum atomic E-state index is 14.1. The maximum Gasteiger partial charge on any atom is 0.416 e. The highest BCUT2D eigenvalue weighted by atomic mass is 19.4. The number of amides is 2. The topological polar surface area (TPSA) is 58.6 Å². The molecule has 1 saturated heterocycles. The van der Waals surface area contributed by atoms with Gasteiger partial charge in [0.05, 0.1) is 12.2 Å². The number of nitrogens with one attached hydrogen (secondary N) is 1. The number of halogens is 4. The molecule has 2 amide bonds. The second-order valence-corrected chi connectivity index (χ2v) is 9.03. The smallest absolute Gasteiger partial charge is 0.378 e. The van der Waals surface area contributed by atoms with Gasteiger partial charge in [-0.1, -0.05) is 13.0 Å². The lowest BCUT2D eigenvalue weighted by atomic mass is 9.85. The van der Waals surface area contributed by atoms with Gasteiger partial charge in [0.25, 0.3) is 5.91 Å². The van der Waals surface area contributed by atoms with Crippen LogP contribution in [0.4, 0.5) is 17.6 Å². The number of benzene rings is 1. The molecule has 0 bridgehead atoms. The molecule has 4 rings (SSSR count). The molecule has 1 saturated carbocycles. The van der Waals surface area contributed by atoms with Crippen LogP contribution >= 0.6 is 0 Å². The Labute approximate surface area is 178 Å². The Balaban J connectivity index is 1.46. The summed E-state index contributed by atoms with van der Waals surface area (Å²) in [5, 5.41) is 3.30. The minimum absolute atomic E-state index is 0.0562. The van der Waals surface area contributed by atoms with E-state index in [1.54, 1.807) is 6.92 Å². The molecule has 0 radical (unpaired) electrons.